The highest BCUT2D eigenvalue weighted by atomic mass is 16.2. The van der Waals surface area contributed by atoms with Crippen LogP contribution in [0.4, 0.5) is 5.95 Å². The lowest BCUT2D eigenvalue weighted by Gasteiger charge is -2.29. The summed E-state index contributed by atoms with van der Waals surface area (Å²) >= 11 is 0. The summed E-state index contributed by atoms with van der Waals surface area (Å²) in [5.41, 5.74) is 2.54. The minimum atomic E-state index is -0.812. The van der Waals surface area contributed by atoms with Gasteiger partial charge in [-0.1, -0.05) is 12.1 Å². The second kappa shape index (κ2) is 4.67. The Bertz CT molecular complexity index is 909. The maximum Gasteiger partial charge on any atom is 0.246 e. The number of carbonyl (C=O) groups is 1. The molecule has 22 heavy (non-hydrogen) atoms. The SMILES string of the molecule is N#C[C@H]1C(=O)Nc2nc3ccccc3n2[C@H]1c1ccncc1. The van der Waals surface area contributed by atoms with E-state index in [0.29, 0.717) is 5.95 Å². The number of nitrogens with zero attached hydrogens (tertiary/aromatic N) is 4. The quantitative estimate of drug-likeness (QED) is 0.743. The predicted octanol–water partition coefficient (Wildman–Crippen LogP) is 2.11. The number of benzene rings is 1. The number of aromatic nitrogens is 3. The van der Waals surface area contributed by atoms with E-state index in [1.807, 2.05) is 41.0 Å². The predicted molar refractivity (Wildman–Crippen MR) is 79.8 cm³/mol. The Morgan fingerprint density at radius 2 is 1.95 bits per heavy atom. The number of pyridine rings is 1. The summed E-state index contributed by atoms with van der Waals surface area (Å²) < 4.78 is 1.92. The van der Waals surface area contributed by atoms with Gasteiger partial charge in [0.05, 0.1) is 23.1 Å². The number of amides is 1. The third-order valence-electron chi connectivity index (χ3n) is 3.89. The lowest BCUT2D eigenvalue weighted by atomic mass is 9.92. The molecule has 0 aliphatic carbocycles. The fourth-order valence-corrected chi connectivity index (χ4v) is 2.93. The number of para-hydroxylation sites is 2. The molecule has 1 N–H and O–H groups in total. The van der Waals surface area contributed by atoms with Crippen molar-refractivity contribution in [2.75, 3.05) is 5.32 Å². The van der Waals surface area contributed by atoms with Crippen molar-refractivity contribution in [2.24, 2.45) is 5.92 Å². The summed E-state index contributed by atoms with van der Waals surface area (Å²) in [4.78, 5) is 20.7. The van der Waals surface area contributed by atoms with Gasteiger partial charge < -0.3 is 4.57 Å². The molecule has 4 rings (SSSR count). The molecule has 0 unspecified atom stereocenters. The maximum absolute atomic E-state index is 12.2. The number of fused-ring (bicyclic) bond motifs is 3. The molecule has 106 valence electrons. The third-order valence-corrected chi connectivity index (χ3v) is 3.89. The van der Waals surface area contributed by atoms with Crippen molar-refractivity contribution >= 4 is 22.9 Å². The van der Waals surface area contributed by atoms with Crippen LogP contribution in [0.3, 0.4) is 0 Å². The molecule has 0 bridgehead atoms. The van der Waals surface area contributed by atoms with E-state index >= 15 is 0 Å². The molecule has 0 saturated heterocycles. The van der Waals surface area contributed by atoms with Crippen molar-refractivity contribution in [3.63, 3.8) is 0 Å². The van der Waals surface area contributed by atoms with Crippen LogP contribution >= 0.6 is 0 Å². The van der Waals surface area contributed by atoms with E-state index in [4.69, 9.17) is 0 Å². The molecule has 1 aromatic carbocycles. The van der Waals surface area contributed by atoms with Gasteiger partial charge in [0.15, 0.2) is 5.92 Å². The Morgan fingerprint density at radius 1 is 1.18 bits per heavy atom. The molecular weight excluding hydrogens is 278 g/mol. The molecular formula is C16H11N5O. The van der Waals surface area contributed by atoms with Crippen LogP contribution in [0.15, 0.2) is 48.8 Å². The minimum Gasteiger partial charge on any atom is -0.300 e. The zero-order chi connectivity index (χ0) is 15.1. The van der Waals surface area contributed by atoms with E-state index in [2.05, 4.69) is 21.4 Å². The summed E-state index contributed by atoms with van der Waals surface area (Å²) in [6, 6.07) is 13.0. The van der Waals surface area contributed by atoms with Crippen molar-refractivity contribution in [3.8, 4) is 6.07 Å². The Hall–Kier alpha value is -3.20. The van der Waals surface area contributed by atoms with Crippen molar-refractivity contribution in [2.45, 2.75) is 6.04 Å². The average Bonchev–Trinajstić information content (AvgIpc) is 2.92. The van der Waals surface area contributed by atoms with Crippen LogP contribution in [0, 0.1) is 17.2 Å². The van der Waals surface area contributed by atoms with E-state index in [1.165, 1.54) is 0 Å². The second-order valence-electron chi connectivity index (χ2n) is 5.12. The summed E-state index contributed by atoms with van der Waals surface area (Å²) in [5, 5.41) is 12.2. The standard InChI is InChI=1S/C16H11N5O/c17-9-11-14(10-5-7-18-8-6-10)21-13-4-2-1-3-12(13)19-16(21)20-15(11)22/h1-8,11,14H,(H,19,20,22)/t11-,14+/m1/s1. The topological polar surface area (TPSA) is 83.6 Å². The van der Waals surface area contributed by atoms with Crippen LogP contribution < -0.4 is 5.32 Å². The molecule has 1 aliphatic heterocycles. The number of anilines is 1. The number of rotatable bonds is 1. The second-order valence-corrected chi connectivity index (χ2v) is 5.12. The fraction of sp³-hybridized carbons (Fsp3) is 0.125. The minimum absolute atomic E-state index is 0.327. The van der Waals surface area contributed by atoms with Gasteiger partial charge in [0.1, 0.15) is 0 Å². The maximum atomic E-state index is 12.2. The zero-order valence-corrected chi connectivity index (χ0v) is 11.5. The first-order chi connectivity index (χ1) is 10.8. The molecule has 2 atom stereocenters. The normalized spacial score (nSPS) is 20.2. The number of carbonyl (C=O) groups excluding carboxylic acids is 1. The van der Waals surface area contributed by atoms with Crippen molar-refractivity contribution in [1.29, 1.82) is 5.26 Å². The van der Waals surface area contributed by atoms with Gasteiger partial charge in [-0.25, -0.2) is 4.98 Å². The van der Waals surface area contributed by atoms with Crippen molar-refractivity contribution < 1.29 is 4.79 Å². The molecule has 1 amide bonds. The van der Waals surface area contributed by atoms with Crippen LogP contribution in [-0.2, 0) is 4.79 Å². The van der Waals surface area contributed by atoms with Gasteiger partial charge in [-0.05, 0) is 29.8 Å². The van der Waals surface area contributed by atoms with E-state index in [9.17, 15) is 10.1 Å². The number of nitriles is 1. The molecule has 0 spiro atoms. The van der Waals surface area contributed by atoms with Crippen LogP contribution in [0.1, 0.15) is 11.6 Å². The Kier molecular flexibility index (Phi) is 2.66. The van der Waals surface area contributed by atoms with Crippen LogP contribution in [-0.4, -0.2) is 20.4 Å². The molecule has 0 saturated carbocycles. The van der Waals surface area contributed by atoms with E-state index in [0.717, 1.165) is 16.6 Å². The first-order valence-electron chi connectivity index (χ1n) is 6.87. The number of nitrogens with one attached hydrogen (secondary N) is 1. The first kappa shape index (κ1) is 12.5. The fourth-order valence-electron chi connectivity index (χ4n) is 2.93. The smallest absolute Gasteiger partial charge is 0.246 e. The zero-order valence-electron chi connectivity index (χ0n) is 11.5. The molecule has 1 aliphatic rings. The molecule has 3 heterocycles. The van der Waals surface area contributed by atoms with E-state index in [1.54, 1.807) is 12.4 Å². The molecule has 0 radical (unpaired) electrons. The summed E-state index contributed by atoms with van der Waals surface area (Å²) in [6.07, 6.45) is 3.32. The van der Waals surface area contributed by atoms with Gasteiger partial charge in [-0.15, -0.1) is 0 Å². The van der Waals surface area contributed by atoms with Gasteiger partial charge in [0, 0.05) is 12.4 Å². The van der Waals surface area contributed by atoms with Crippen molar-refractivity contribution in [1.82, 2.24) is 14.5 Å². The highest BCUT2D eigenvalue weighted by molar-refractivity contribution is 5.97. The van der Waals surface area contributed by atoms with Gasteiger partial charge in [0.25, 0.3) is 0 Å². The van der Waals surface area contributed by atoms with Gasteiger partial charge in [-0.3, -0.25) is 15.1 Å². The van der Waals surface area contributed by atoms with E-state index < -0.39 is 12.0 Å². The molecule has 0 fully saturated rings. The van der Waals surface area contributed by atoms with Crippen LogP contribution in [0.25, 0.3) is 11.0 Å². The van der Waals surface area contributed by atoms with Gasteiger partial charge in [0.2, 0.25) is 11.9 Å². The Morgan fingerprint density at radius 3 is 2.73 bits per heavy atom. The first-order valence-corrected chi connectivity index (χ1v) is 6.87. The van der Waals surface area contributed by atoms with Gasteiger partial charge >= 0.3 is 0 Å². The third kappa shape index (κ3) is 1.69. The highest BCUT2D eigenvalue weighted by Crippen LogP contribution is 2.37. The van der Waals surface area contributed by atoms with Crippen LogP contribution in [0.2, 0.25) is 0 Å². The number of hydrogen-bond acceptors (Lipinski definition) is 4. The van der Waals surface area contributed by atoms with Crippen molar-refractivity contribution in [3.05, 3.63) is 54.4 Å². The molecule has 3 aromatic rings. The molecule has 6 nitrogen and oxygen atoms in total. The van der Waals surface area contributed by atoms with E-state index in [-0.39, 0.29) is 5.91 Å². The molecule has 6 heteroatoms. The largest absolute Gasteiger partial charge is 0.300 e. The lowest BCUT2D eigenvalue weighted by Crippen LogP contribution is -2.37. The summed E-state index contributed by atoms with van der Waals surface area (Å²) in [5.74, 6) is -0.667. The number of imidazole rings is 1. The Labute approximate surface area is 126 Å². The highest BCUT2D eigenvalue weighted by Gasteiger charge is 2.38. The summed E-state index contributed by atoms with van der Waals surface area (Å²) in [6.45, 7) is 0. The van der Waals surface area contributed by atoms with Crippen LogP contribution in [0.5, 0.6) is 0 Å². The Balaban J connectivity index is 2.03. The molecule has 2 aromatic heterocycles. The van der Waals surface area contributed by atoms with Gasteiger partial charge in [-0.2, -0.15) is 5.26 Å². The monoisotopic (exact) mass is 289 g/mol. The lowest BCUT2D eigenvalue weighted by molar-refractivity contribution is -0.119. The summed E-state index contributed by atoms with van der Waals surface area (Å²) in [7, 11) is 0. The number of hydrogen-bond donors (Lipinski definition) is 1. The average molecular weight is 289 g/mol.